The highest BCUT2D eigenvalue weighted by atomic mass is 32.2. The first kappa shape index (κ1) is 19.2. The minimum Gasteiger partial charge on any atom is -0.341 e. The lowest BCUT2D eigenvalue weighted by Crippen LogP contribution is -2.49. The third-order valence-corrected chi connectivity index (χ3v) is 6.35. The maximum absolute atomic E-state index is 12.8. The third kappa shape index (κ3) is 4.77. The molecule has 9 heteroatoms. The van der Waals surface area contributed by atoms with Crippen molar-refractivity contribution in [2.45, 2.75) is 17.7 Å². The van der Waals surface area contributed by atoms with E-state index < -0.39 is 10.0 Å². The number of nitrogens with one attached hydrogen (secondary N) is 1. The predicted octanol–water partition coefficient (Wildman–Crippen LogP) is 0.913. The molecule has 1 aromatic carbocycles. The molecule has 2 amide bonds. The van der Waals surface area contributed by atoms with Gasteiger partial charge in [-0.1, -0.05) is 12.1 Å². The lowest BCUT2D eigenvalue weighted by atomic mass is 9.98. The molecular formula is C17H23N3O4S2. The summed E-state index contributed by atoms with van der Waals surface area (Å²) < 4.78 is 25.1. The molecule has 2 aliphatic rings. The average Bonchev–Trinajstić information content (AvgIpc) is 2.62. The van der Waals surface area contributed by atoms with E-state index in [1.807, 2.05) is 24.3 Å². The Bertz CT molecular complexity index is 797. The number of para-hydroxylation sites is 1. The van der Waals surface area contributed by atoms with Gasteiger partial charge in [0.25, 0.3) is 0 Å². The van der Waals surface area contributed by atoms with Gasteiger partial charge in [-0.15, -0.1) is 11.8 Å². The van der Waals surface area contributed by atoms with Crippen molar-refractivity contribution in [1.82, 2.24) is 9.62 Å². The third-order valence-electron chi connectivity index (χ3n) is 4.61. The van der Waals surface area contributed by atoms with Crippen LogP contribution in [0.4, 0.5) is 5.69 Å². The number of thioether (sulfide) groups is 1. The van der Waals surface area contributed by atoms with E-state index in [-0.39, 0.29) is 24.3 Å². The molecule has 0 spiro atoms. The van der Waals surface area contributed by atoms with Crippen LogP contribution in [0.3, 0.4) is 0 Å². The molecule has 1 fully saturated rings. The maximum Gasteiger partial charge on any atom is 0.242 e. The van der Waals surface area contributed by atoms with E-state index in [2.05, 4.69) is 4.72 Å². The Morgan fingerprint density at radius 1 is 1.35 bits per heavy atom. The summed E-state index contributed by atoms with van der Waals surface area (Å²) in [6, 6.07) is 7.61. The van der Waals surface area contributed by atoms with Crippen LogP contribution in [0.15, 0.2) is 29.2 Å². The van der Waals surface area contributed by atoms with Crippen LogP contribution in [0, 0.1) is 5.92 Å². The van der Waals surface area contributed by atoms with E-state index in [0.29, 0.717) is 25.4 Å². The molecule has 1 unspecified atom stereocenters. The fraction of sp³-hybridized carbons (Fsp3) is 0.529. The smallest absolute Gasteiger partial charge is 0.242 e. The number of hydrogen-bond acceptors (Lipinski definition) is 5. The van der Waals surface area contributed by atoms with Gasteiger partial charge in [0.1, 0.15) is 6.54 Å². The molecule has 2 heterocycles. The number of amides is 2. The van der Waals surface area contributed by atoms with Crippen molar-refractivity contribution in [2.24, 2.45) is 5.92 Å². The number of nitrogens with zero attached hydrogens (tertiary/aromatic N) is 2. The van der Waals surface area contributed by atoms with Crippen LogP contribution < -0.4 is 9.62 Å². The largest absolute Gasteiger partial charge is 0.341 e. The number of carbonyl (C=O) groups excluding carboxylic acids is 2. The number of fused-ring (bicyclic) bond motifs is 1. The Balaban J connectivity index is 1.63. The molecule has 0 saturated carbocycles. The second-order valence-electron chi connectivity index (χ2n) is 6.70. The summed E-state index contributed by atoms with van der Waals surface area (Å²) in [5, 5.41) is 0. The molecule has 0 aromatic heterocycles. The van der Waals surface area contributed by atoms with Crippen molar-refractivity contribution in [3.8, 4) is 0 Å². The quantitative estimate of drug-likeness (QED) is 0.798. The number of benzene rings is 1. The van der Waals surface area contributed by atoms with Gasteiger partial charge in [0.15, 0.2) is 0 Å². The Labute approximate surface area is 158 Å². The monoisotopic (exact) mass is 397 g/mol. The van der Waals surface area contributed by atoms with Crippen molar-refractivity contribution in [1.29, 1.82) is 0 Å². The van der Waals surface area contributed by atoms with Crippen LogP contribution >= 0.6 is 11.8 Å². The highest BCUT2D eigenvalue weighted by Crippen LogP contribution is 2.34. The molecule has 7 nitrogen and oxygen atoms in total. The van der Waals surface area contributed by atoms with Gasteiger partial charge in [-0.25, -0.2) is 13.1 Å². The Hall–Kier alpha value is -1.58. The number of sulfonamides is 1. The number of anilines is 1. The van der Waals surface area contributed by atoms with Crippen LogP contribution in [0.5, 0.6) is 0 Å². The van der Waals surface area contributed by atoms with Gasteiger partial charge >= 0.3 is 0 Å². The van der Waals surface area contributed by atoms with E-state index >= 15 is 0 Å². The van der Waals surface area contributed by atoms with Gasteiger partial charge < -0.3 is 9.80 Å². The minimum atomic E-state index is -3.23. The SMILES string of the molecule is CS(=O)(=O)NCC1CCCN(C(=O)CN2C(=O)CSc3ccccc32)C1. The Kier molecular flexibility index (Phi) is 5.89. The minimum absolute atomic E-state index is 0.0304. The van der Waals surface area contributed by atoms with Crippen LogP contribution in [0.1, 0.15) is 12.8 Å². The van der Waals surface area contributed by atoms with Crippen molar-refractivity contribution in [3.05, 3.63) is 24.3 Å². The van der Waals surface area contributed by atoms with Gasteiger partial charge in [-0.05, 0) is 30.9 Å². The average molecular weight is 398 g/mol. The predicted molar refractivity (Wildman–Crippen MR) is 102 cm³/mol. The fourth-order valence-electron chi connectivity index (χ4n) is 3.29. The number of carbonyl (C=O) groups is 2. The van der Waals surface area contributed by atoms with E-state index in [1.165, 1.54) is 11.8 Å². The molecule has 0 aliphatic carbocycles. The zero-order valence-electron chi connectivity index (χ0n) is 14.7. The maximum atomic E-state index is 12.8. The Morgan fingerprint density at radius 2 is 2.12 bits per heavy atom. The van der Waals surface area contributed by atoms with Crippen LogP contribution in [-0.2, 0) is 19.6 Å². The van der Waals surface area contributed by atoms with Gasteiger partial charge in [0.05, 0.1) is 17.7 Å². The fourth-order valence-corrected chi connectivity index (χ4v) is 4.76. The number of rotatable bonds is 5. The molecule has 1 atom stereocenters. The van der Waals surface area contributed by atoms with E-state index in [1.54, 1.807) is 9.80 Å². The molecule has 26 heavy (non-hydrogen) atoms. The summed E-state index contributed by atoms with van der Waals surface area (Å²) in [5.74, 6) is 0.284. The summed E-state index contributed by atoms with van der Waals surface area (Å²) in [6.07, 6.45) is 2.85. The summed E-state index contributed by atoms with van der Waals surface area (Å²) in [7, 11) is -3.23. The van der Waals surface area contributed by atoms with Crippen LogP contribution in [-0.4, -0.2) is 63.3 Å². The molecule has 1 aromatic rings. The van der Waals surface area contributed by atoms with E-state index in [9.17, 15) is 18.0 Å². The standard InChI is InChI=1S/C17H23N3O4S2/c1-26(23,24)18-9-13-5-4-8-19(10-13)16(21)11-20-14-6-2-3-7-15(14)25-12-17(20)22/h2-3,6-7,13,18H,4-5,8-12H2,1H3. The number of piperidine rings is 1. The normalized spacial score (nSPS) is 20.8. The lowest BCUT2D eigenvalue weighted by molar-refractivity contribution is -0.132. The molecule has 0 bridgehead atoms. The van der Waals surface area contributed by atoms with Crippen LogP contribution in [0.25, 0.3) is 0 Å². The van der Waals surface area contributed by atoms with Crippen molar-refractivity contribution in [3.63, 3.8) is 0 Å². The first-order chi connectivity index (χ1) is 12.3. The molecule has 142 valence electrons. The van der Waals surface area contributed by atoms with E-state index in [0.717, 1.165) is 29.7 Å². The highest BCUT2D eigenvalue weighted by molar-refractivity contribution is 8.00. The first-order valence-corrected chi connectivity index (χ1v) is 11.5. The first-order valence-electron chi connectivity index (χ1n) is 8.58. The van der Waals surface area contributed by atoms with Gasteiger partial charge in [-0.3, -0.25) is 9.59 Å². The Morgan fingerprint density at radius 3 is 2.88 bits per heavy atom. The summed E-state index contributed by atoms with van der Waals surface area (Å²) in [6.45, 7) is 1.53. The van der Waals surface area contributed by atoms with Crippen molar-refractivity contribution >= 4 is 39.3 Å². The highest BCUT2D eigenvalue weighted by Gasteiger charge is 2.30. The van der Waals surface area contributed by atoms with Gasteiger partial charge in [0.2, 0.25) is 21.8 Å². The summed E-state index contributed by atoms with van der Waals surface area (Å²) in [5.41, 5.74) is 0.786. The topological polar surface area (TPSA) is 86.8 Å². The number of likely N-dealkylation sites (tertiary alicyclic amines) is 1. The molecular weight excluding hydrogens is 374 g/mol. The zero-order valence-corrected chi connectivity index (χ0v) is 16.3. The summed E-state index contributed by atoms with van der Waals surface area (Å²) in [4.78, 5) is 29.4. The molecule has 3 rings (SSSR count). The molecule has 1 N–H and O–H groups in total. The van der Waals surface area contributed by atoms with E-state index in [4.69, 9.17) is 0 Å². The lowest BCUT2D eigenvalue weighted by Gasteiger charge is -2.35. The van der Waals surface area contributed by atoms with Gasteiger partial charge in [-0.2, -0.15) is 0 Å². The molecule has 1 saturated heterocycles. The van der Waals surface area contributed by atoms with Crippen molar-refractivity contribution in [2.75, 3.05) is 43.1 Å². The van der Waals surface area contributed by atoms with Crippen LogP contribution in [0.2, 0.25) is 0 Å². The molecule has 2 aliphatic heterocycles. The second kappa shape index (κ2) is 7.98. The summed E-state index contributed by atoms with van der Waals surface area (Å²) >= 11 is 1.49. The molecule has 0 radical (unpaired) electrons. The zero-order chi connectivity index (χ0) is 18.7. The number of hydrogen-bond donors (Lipinski definition) is 1. The van der Waals surface area contributed by atoms with Crippen molar-refractivity contribution < 1.29 is 18.0 Å². The second-order valence-corrected chi connectivity index (χ2v) is 9.56. The van der Waals surface area contributed by atoms with Gasteiger partial charge in [0, 0.05) is 24.5 Å².